The fraction of sp³-hybridized carbons (Fsp3) is 0.333. The number of aliphatic carboxylic acids is 2. The fourth-order valence-corrected chi connectivity index (χ4v) is 2.21. The normalized spacial score (nSPS) is 11.5. The van der Waals surface area contributed by atoms with Gasteiger partial charge in [-0.25, -0.2) is 4.79 Å². The Balaban J connectivity index is 2.47. The van der Waals surface area contributed by atoms with Crippen LogP contribution in [0.15, 0.2) is 12.1 Å². The lowest BCUT2D eigenvalue weighted by Crippen LogP contribution is -2.46. The average Bonchev–Trinajstić information content (AvgIpc) is 2.81. The standard InChI is InChI=1S/C12H14N2O6S/c1-6-2-3-8(21-6)11(18)13-5-9(15)14-7(12(19)20)4-10(16)17/h2-3,7H,4-5H2,1H3,(H,13,18)(H,14,15)(H,16,17)(H,19,20). The van der Waals surface area contributed by atoms with Gasteiger partial charge in [-0.3, -0.25) is 14.4 Å². The molecule has 21 heavy (non-hydrogen) atoms. The van der Waals surface area contributed by atoms with Gasteiger partial charge in [-0.15, -0.1) is 11.3 Å². The van der Waals surface area contributed by atoms with E-state index in [1.165, 1.54) is 11.3 Å². The van der Waals surface area contributed by atoms with Crippen molar-refractivity contribution in [3.63, 3.8) is 0 Å². The number of rotatable bonds is 7. The number of carboxylic acids is 2. The van der Waals surface area contributed by atoms with E-state index in [4.69, 9.17) is 10.2 Å². The minimum atomic E-state index is -1.53. The van der Waals surface area contributed by atoms with Crippen molar-refractivity contribution in [1.82, 2.24) is 10.6 Å². The summed E-state index contributed by atoms with van der Waals surface area (Å²) < 4.78 is 0. The highest BCUT2D eigenvalue weighted by molar-refractivity contribution is 7.13. The minimum Gasteiger partial charge on any atom is -0.481 e. The van der Waals surface area contributed by atoms with E-state index in [2.05, 4.69) is 5.32 Å². The van der Waals surface area contributed by atoms with E-state index in [1.54, 1.807) is 12.1 Å². The highest BCUT2D eigenvalue weighted by Gasteiger charge is 2.23. The topological polar surface area (TPSA) is 133 Å². The van der Waals surface area contributed by atoms with Gasteiger partial charge in [0.2, 0.25) is 5.91 Å². The summed E-state index contributed by atoms with van der Waals surface area (Å²) in [7, 11) is 0. The van der Waals surface area contributed by atoms with Gasteiger partial charge in [0.15, 0.2) is 0 Å². The first kappa shape index (κ1) is 16.6. The summed E-state index contributed by atoms with van der Waals surface area (Å²) in [6.45, 7) is 1.40. The molecule has 0 spiro atoms. The van der Waals surface area contributed by atoms with E-state index in [0.29, 0.717) is 4.88 Å². The summed E-state index contributed by atoms with van der Waals surface area (Å²) in [4.78, 5) is 45.8. The van der Waals surface area contributed by atoms with Gasteiger partial charge in [0.05, 0.1) is 17.8 Å². The molecule has 1 rings (SSSR count). The Morgan fingerprint density at radius 2 is 1.90 bits per heavy atom. The number of thiophene rings is 1. The van der Waals surface area contributed by atoms with Crippen LogP contribution in [0.2, 0.25) is 0 Å². The second-order valence-corrected chi connectivity index (χ2v) is 5.44. The Kier molecular flexibility index (Phi) is 5.85. The van der Waals surface area contributed by atoms with Gasteiger partial charge >= 0.3 is 11.9 Å². The summed E-state index contributed by atoms with van der Waals surface area (Å²) in [6, 6.07) is 1.83. The molecule has 1 aromatic heterocycles. The molecule has 1 heterocycles. The molecule has 0 aliphatic heterocycles. The van der Waals surface area contributed by atoms with Crippen LogP contribution in [0.1, 0.15) is 21.0 Å². The highest BCUT2D eigenvalue weighted by atomic mass is 32.1. The van der Waals surface area contributed by atoms with Gasteiger partial charge in [-0.05, 0) is 19.1 Å². The Hall–Kier alpha value is -2.42. The zero-order valence-electron chi connectivity index (χ0n) is 11.1. The Labute approximate surface area is 123 Å². The maximum Gasteiger partial charge on any atom is 0.326 e. The molecule has 8 nitrogen and oxygen atoms in total. The molecule has 1 atom stereocenters. The number of carboxylic acid groups (broad SMARTS) is 2. The van der Waals surface area contributed by atoms with Crippen LogP contribution in [-0.2, 0) is 14.4 Å². The minimum absolute atomic E-state index is 0.431. The number of nitrogens with one attached hydrogen (secondary N) is 2. The number of carbonyl (C=O) groups excluding carboxylic acids is 2. The molecule has 0 saturated carbocycles. The van der Waals surface area contributed by atoms with Crippen molar-refractivity contribution in [3.8, 4) is 0 Å². The molecule has 0 aromatic carbocycles. The third-order valence-electron chi connectivity index (χ3n) is 2.39. The summed E-state index contributed by atoms with van der Waals surface area (Å²) in [5.41, 5.74) is 0. The van der Waals surface area contributed by atoms with Gasteiger partial charge in [-0.2, -0.15) is 0 Å². The molecule has 0 saturated heterocycles. The van der Waals surface area contributed by atoms with Gasteiger partial charge in [0.25, 0.3) is 5.91 Å². The van der Waals surface area contributed by atoms with Crippen LogP contribution in [0, 0.1) is 6.92 Å². The van der Waals surface area contributed by atoms with Crippen molar-refractivity contribution in [3.05, 3.63) is 21.9 Å². The SMILES string of the molecule is Cc1ccc(C(=O)NCC(=O)NC(CC(=O)O)C(=O)O)s1. The lowest BCUT2D eigenvalue weighted by atomic mass is 10.2. The first-order chi connectivity index (χ1) is 9.79. The molecular weight excluding hydrogens is 300 g/mol. The van der Waals surface area contributed by atoms with Crippen LogP contribution >= 0.6 is 11.3 Å². The van der Waals surface area contributed by atoms with E-state index in [0.717, 1.165) is 4.88 Å². The third kappa shape index (κ3) is 5.61. The first-order valence-corrected chi connectivity index (χ1v) is 6.70. The van der Waals surface area contributed by atoms with Crippen LogP contribution in [0.5, 0.6) is 0 Å². The van der Waals surface area contributed by atoms with Crippen molar-refractivity contribution in [2.45, 2.75) is 19.4 Å². The average molecular weight is 314 g/mol. The molecule has 0 bridgehead atoms. The largest absolute Gasteiger partial charge is 0.481 e. The Bertz CT molecular complexity index is 568. The number of hydrogen-bond donors (Lipinski definition) is 4. The van der Waals surface area contributed by atoms with Crippen molar-refractivity contribution in [2.75, 3.05) is 6.54 Å². The maximum absolute atomic E-state index is 11.7. The van der Waals surface area contributed by atoms with E-state index >= 15 is 0 Å². The van der Waals surface area contributed by atoms with Crippen LogP contribution in [0.3, 0.4) is 0 Å². The molecule has 0 fully saturated rings. The third-order valence-corrected chi connectivity index (χ3v) is 3.39. The molecule has 1 unspecified atom stereocenters. The lowest BCUT2D eigenvalue weighted by Gasteiger charge is -2.12. The van der Waals surface area contributed by atoms with Crippen molar-refractivity contribution in [1.29, 1.82) is 0 Å². The molecule has 9 heteroatoms. The lowest BCUT2D eigenvalue weighted by molar-refractivity contribution is -0.147. The number of carbonyl (C=O) groups is 4. The number of hydrogen-bond acceptors (Lipinski definition) is 5. The summed E-state index contributed by atoms with van der Waals surface area (Å²) >= 11 is 1.26. The fourth-order valence-electron chi connectivity index (χ4n) is 1.42. The van der Waals surface area contributed by atoms with Crippen molar-refractivity contribution >= 4 is 35.1 Å². The molecule has 114 valence electrons. The highest BCUT2D eigenvalue weighted by Crippen LogP contribution is 2.14. The Morgan fingerprint density at radius 3 is 2.38 bits per heavy atom. The maximum atomic E-state index is 11.7. The molecule has 1 aromatic rings. The van der Waals surface area contributed by atoms with Crippen LogP contribution in [0.4, 0.5) is 0 Å². The smallest absolute Gasteiger partial charge is 0.326 e. The zero-order valence-corrected chi connectivity index (χ0v) is 11.9. The van der Waals surface area contributed by atoms with Gasteiger partial charge in [0, 0.05) is 4.88 Å². The monoisotopic (exact) mass is 314 g/mol. The molecule has 2 amide bonds. The summed E-state index contributed by atoms with van der Waals surface area (Å²) in [5.74, 6) is -4.02. The predicted octanol–water partition coefficient (Wildman–Crippen LogP) is -0.170. The number of aryl methyl sites for hydroxylation is 1. The molecule has 0 aliphatic carbocycles. The van der Waals surface area contributed by atoms with Crippen LogP contribution < -0.4 is 10.6 Å². The summed E-state index contributed by atoms with van der Waals surface area (Å²) in [6.07, 6.45) is -0.737. The van der Waals surface area contributed by atoms with Crippen LogP contribution in [0.25, 0.3) is 0 Å². The quantitative estimate of drug-likeness (QED) is 0.552. The van der Waals surface area contributed by atoms with E-state index < -0.39 is 42.8 Å². The van der Waals surface area contributed by atoms with Crippen molar-refractivity contribution in [2.24, 2.45) is 0 Å². The van der Waals surface area contributed by atoms with Gasteiger partial charge in [0.1, 0.15) is 6.04 Å². The van der Waals surface area contributed by atoms with E-state index in [1.807, 2.05) is 12.2 Å². The van der Waals surface area contributed by atoms with Crippen LogP contribution in [-0.4, -0.2) is 46.6 Å². The van der Waals surface area contributed by atoms with E-state index in [9.17, 15) is 19.2 Å². The number of amides is 2. The molecule has 4 N–H and O–H groups in total. The Morgan fingerprint density at radius 1 is 1.24 bits per heavy atom. The second-order valence-electron chi connectivity index (χ2n) is 4.15. The zero-order chi connectivity index (χ0) is 16.0. The predicted molar refractivity (Wildman–Crippen MR) is 73.2 cm³/mol. The molecular formula is C12H14N2O6S. The van der Waals surface area contributed by atoms with Gasteiger partial charge < -0.3 is 20.8 Å². The molecule has 0 radical (unpaired) electrons. The van der Waals surface area contributed by atoms with Gasteiger partial charge in [-0.1, -0.05) is 0 Å². The van der Waals surface area contributed by atoms with Crippen molar-refractivity contribution < 1.29 is 29.4 Å². The first-order valence-electron chi connectivity index (χ1n) is 5.88. The molecule has 0 aliphatic rings. The second kappa shape index (κ2) is 7.39. The summed E-state index contributed by atoms with van der Waals surface area (Å²) in [5, 5.41) is 21.7. The van der Waals surface area contributed by atoms with E-state index in [-0.39, 0.29) is 0 Å².